The molecule has 1 aliphatic carbocycles. The fraction of sp³-hybridized carbons (Fsp3) is 0.375. The Morgan fingerprint density at radius 2 is 2.00 bits per heavy atom. The Bertz CT molecular complexity index is 794. The fourth-order valence-corrected chi connectivity index (χ4v) is 3.08. The van der Waals surface area contributed by atoms with Crippen LogP contribution in [0.4, 0.5) is 24.8 Å². The number of anilines is 2. The molecule has 24 heavy (non-hydrogen) atoms. The van der Waals surface area contributed by atoms with E-state index in [1.54, 1.807) is 0 Å². The molecule has 126 valence electrons. The van der Waals surface area contributed by atoms with Crippen LogP contribution in [-0.4, -0.2) is 22.8 Å². The van der Waals surface area contributed by atoms with Crippen molar-refractivity contribution in [2.24, 2.45) is 5.92 Å². The molecule has 0 bridgehead atoms. The van der Waals surface area contributed by atoms with Gasteiger partial charge in [-0.1, -0.05) is 17.7 Å². The standard InChI is InChI=1S/C16H13ClF3N3O/c17-10-6-12-14(22-7-10)23-13-11(2-1-5-21-13)15(12,16(18,19)20)24-8-9-3-4-9/h1-2,5-7,9H,3-4,8H2,(H,21,22,23). The highest BCUT2D eigenvalue weighted by molar-refractivity contribution is 6.30. The van der Waals surface area contributed by atoms with E-state index in [1.807, 2.05) is 0 Å². The minimum atomic E-state index is -4.69. The number of rotatable bonds is 3. The van der Waals surface area contributed by atoms with Crippen molar-refractivity contribution in [3.63, 3.8) is 0 Å². The van der Waals surface area contributed by atoms with Crippen LogP contribution in [0.25, 0.3) is 0 Å². The van der Waals surface area contributed by atoms with Crippen molar-refractivity contribution in [3.05, 3.63) is 46.7 Å². The highest BCUT2D eigenvalue weighted by atomic mass is 35.5. The summed E-state index contributed by atoms with van der Waals surface area (Å²) < 4.78 is 48.5. The number of pyridine rings is 2. The molecule has 1 N–H and O–H groups in total. The molecule has 0 radical (unpaired) electrons. The maximum Gasteiger partial charge on any atom is 0.426 e. The molecule has 0 spiro atoms. The molecule has 0 aromatic carbocycles. The van der Waals surface area contributed by atoms with Gasteiger partial charge in [-0.3, -0.25) is 0 Å². The van der Waals surface area contributed by atoms with Crippen molar-refractivity contribution in [2.45, 2.75) is 24.6 Å². The van der Waals surface area contributed by atoms with Gasteiger partial charge in [0.15, 0.2) is 0 Å². The molecule has 0 amide bonds. The van der Waals surface area contributed by atoms with Gasteiger partial charge in [-0.05, 0) is 30.9 Å². The number of nitrogens with zero attached hydrogens (tertiary/aromatic N) is 2. The fourth-order valence-electron chi connectivity index (χ4n) is 2.92. The van der Waals surface area contributed by atoms with Crippen LogP contribution in [0.3, 0.4) is 0 Å². The smallest absolute Gasteiger partial charge is 0.356 e. The van der Waals surface area contributed by atoms with Crippen LogP contribution in [-0.2, 0) is 10.3 Å². The van der Waals surface area contributed by atoms with Gasteiger partial charge in [-0.25, -0.2) is 9.97 Å². The van der Waals surface area contributed by atoms with E-state index in [2.05, 4.69) is 15.3 Å². The monoisotopic (exact) mass is 355 g/mol. The van der Waals surface area contributed by atoms with Gasteiger partial charge in [-0.2, -0.15) is 13.2 Å². The average Bonchev–Trinajstić information content (AvgIpc) is 3.35. The molecule has 4 nitrogen and oxygen atoms in total. The zero-order valence-electron chi connectivity index (χ0n) is 12.4. The van der Waals surface area contributed by atoms with Gasteiger partial charge in [0.25, 0.3) is 0 Å². The number of hydrogen-bond donors (Lipinski definition) is 1. The normalized spacial score (nSPS) is 22.5. The van der Waals surface area contributed by atoms with Crippen molar-refractivity contribution in [3.8, 4) is 0 Å². The summed E-state index contributed by atoms with van der Waals surface area (Å²) in [7, 11) is 0. The number of alkyl halides is 3. The average molecular weight is 356 g/mol. The number of nitrogens with one attached hydrogen (secondary N) is 1. The Morgan fingerprint density at radius 3 is 2.71 bits per heavy atom. The second kappa shape index (κ2) is 5.32. The third-order valence-electron chi connectivity index (χ3n) is 4.29. The molecule has 1 fully saturated rings. The molecule has 1 saturated carbocycles. The molecule has 1 aliphatic heterocycles. The van der Waals surface area contributed by atoms with E-state index < -0.39 is 11.8 Å². The summed E-state index contributed by atoms with van der Waals surface area (Å²) in [5.74, 6) is 0.307. The molecule has 2 aromatic heterocycles. The summed E-state index contributed by atoms with van der Waals surface area (Å²) in [6.45, 7) is 0.0276. The summed E-state index contributed by atoms with van der Waals surface area (Å²) in [5.41, 5.74) is -2.84. The van der Waals surface area contributed by atoms with Gasteiger partial charge in [0, 0.05) is 23.5 Å². The van der Waals surface area contributed by atoms with Crippen LogP contribution in [0.2, 0.25) is 5.02 Å². The number of ether oxygens (including phenoxy) is 1. The summed E-state index contributed by atoms with van der Waals surface area (Å²) >= 11 is 5.93. The number of fused-ring (bicyclic) bond motifs is 2. The van der Waals surface area contributed by atoms with Crippen molar-refractivity contribution in [1.29, 1.82) is 0 Å². The zero-order valence-corrected chi connectivity index (χ0v) is 13.2. The first-order valence-electron chi connectivity index (χ1n) is 7.51. The number of aromatic nitrogens is 2. The van der Waals surface area contributed by atoms with E-state index >= 15 is 0 Å². The molecular formula is C16H13ClF3N3O. The Kier molecular flexibility index (Phi) is 3.47. The number of halogens is 4. The van der Waals surface area contributed by atoms with Gasteiger partial charge in [0.1, 0.15) is 11.6 Å². The predicted octanol–water partition coefficient (Wildman–Crippen LogP) is 4.42. The van der Waals surface area contributed by atoms with E-state index in [0.29, 0.717) is 0 Å². The quantitative estimate of drug-likeness (QED) is 0.885. The van der Waals surface area contributed by atoms with Crippen LogP contribution in [0.5, 0.6) is 0 Å². The second-order valence-corrected chi connectivity index (χ2v) is 6.44. The molecule has 1 unspecified atom stereocenters. The first-order chi connectivity index (χ1) is 11.4. The van der Waals surface area contributed by atoms with Crippen LogP contribution in [0, 0.1) is 5.92 Å². The van der Waals surface area contributed by atoms with Crippen molar-refractivity contribution < 1.29 is 17.9 Å². The minimum Gasteiger partial charge on any atom is -0.356 e. The van der Waals surface area contributed by atoms with Gasteiger partial charge in [0.05, 0.1) is 11.6 Å². The van der Waals surface area contributed by atoms with Crippen molar-refractivity contribution >= 4 is 23.2 Å². The minimum absolute atomic E-state index is 0.0276. The van der Waals surface area contributed by atoms with E-state index in [-0.39, 0.29) is 40.3 Å². The van der Waals surface area contributed by atoms with Crippen molar-refractivity contribution in [1.82, 2.24) is 9.97 Å². The van der Waals surface area contributed by atoms with E-state index in [9.17, 15) is 13.2 Å². The molecule has 0 saturated heterocycles. The highest BCUT2D eigenvalue weighted by Gasteiger charge is 2.63. The number of hydrogen-bond acceptors (Lipinski definition) is 4. The van der Waals surface area contributed by atoms with Crippen LogP contribution >= 0.6 is 11.6 Å². The largest absolute Gasteiger partial charge is 0.426 e. The molecule has 4 rings (SSSR count). The summed E-state index contributed by atoms with van der Waals surface area (Å²) in [6.07, 6.45) is -0.208. The maximum absolute atomic E-state index is 14.3. The van der Waals surface area contributed by atoms with E-state index in [1.165, 1.54) is 30.6 Å². The topological polar surface area (TPSA) is 47.0 Å². The third-order valence-corrected chi connectivity index (χ3v) is 4.50. The molecule has 1 atom stereocenters. The van der Waals surface area contributed by atoms with Gasteiger partial charge in [0.2, 0.25) is 5.60 Å². The Hall–Kier alpha value is -1.86. The SMILES string of the molecule is FC(F)(F)C1(OCC2CC2)c2cccnc2Nc2ncc(Cl)cc21. The van der Waals surface area contributed by atoms with Crippen LogP contribution < -0.4 is 5.32 Å². The van der Waals surface area contributed by atoms with Crippen molar-refractivity contribution in [2.75, 3.05) is 11.9 Å². The Morgan fingerprint density at radius 1 is 1.25 bits per heavy atom. The van der Waals surface area contributed by atoms with Gasteiger partial charge in [-0.15, -0.1) is 0 Å². The lowest BCUT2D eigenvalue weighted by molar-refractivity contribution is -0.268. The lowest BCUT2D eigenvalue weighted by Gasteiger charge is -2.40. The summed E-state index contributed by atoms with van der Waals surface area (Å²) in [4.78, 5) is 8.03. The molecular weight excluding hydrogens is 343 g/mol. The molecule has 2 aliphatic rings. The highest BCUT2D eigenvalue weighted by Crippen LogP contribution is 2.54. The molecule has 8 heteroatoms. The van der Waals surface area contributed by atoms with Gasteiger partial charge < -0.3 is 10.1 Å². The lowest BCUT2D eigenvalue weighted by Crippen LogP contribution is -2.49. The Labute approximate surface area is 141 Å². The predicted molar refractivity (Wildman–Crippen MR) is 82.3 cm³/mol. The summed E-state index contributed by atoms with van der Waals surface area (Å²) in [6, 6.07) is 4.09. The van der Waals surface area contributed by atoms with E-state index in [4.69, 9.17) is 16.3 Å². The first kappa shape index (κ1) is 15.7. The van der Waals surface area contributed by atoms with Crippen LogP contribution in [0.1, 0.15) is 24.0 Å². The zero-order chi connectivity index (χ0) is 16.9. The third kappa shape index (κ3) is 2.34. The van der Waals surface area contributed by atoms with Gasteiger partial charge >= 0.3 is 6.18 Å². The lowest BCUT2D eigenvalue weighted by atomic mass is 9.83. The Balaban J connectivity index is 1.96. The summed E-state index contributed by atoms with van der Waals surface area (Å²) in [5, 5.41) is 2.95. The maximum atomic E-state index is 14.3. The van der Waals surface area contributed by atoms with E-state index in [0.717, 1.165) is 12.8 Å². The van der Waals surface area contributed by atoms with Crippen LogP contribution in [0.15, 0.2) is 30.6 Å². The first-order valence-corrected chi connectivity index (χ1v) is 7.89. The molecule has 2 aromatic rings. The second-order valence-electron chi connectivity index (χ2n) is 6.01. The molecule has 3 heterocycles.